The molecule has 112 valence electrons. The lowest BCUT2D eigenvalue weighted by Gasteiger charge is -2.33. The summed E-state index contributed by atoms with van der Waals surface area (Å²) in [4.78, 5) is 25.9. The minimum Gasteiger partial charge on any atom is -0.353 e. The van der Waals surface area contributed by atoms with Crippen molar-refractivity contribution >= 4 is 11.8 Å². The number of carbonyl (C=O) groups excluding carboxylic acids is 2. The van der Waals surface area contributed by atoms with Gasteiger partial charge >= 0.3 is 0 Å². The Kier molecular flexibility index (Phi) is 5.51. The van der Waals surface area contributed by atoms with Crippen molar-refractivity contribution in [3.05, 3.63) is 48.6 Å². The summed E-state index contributed by atoms with van der Waals surface area (Å²) in [6.07, 6.45) is 1.79. The van der Waals surface area contributed by atoms with Gasteiger partial charge in [-0.1, -0.05) is 36.4 Å². The van der Waals surface area contributed by atoms with Gasteiger partial charge in [0.25, 0.3) is 0 Å². The number of piperazine rings is 1. The summed E-state index contributed by atoms with van der Waals surface area (Å²) in [6, 6.07) is 9.44. The summed E-state index contributed by atoms with van der Waals surface area (Å²) in [5.74, 6) is -0.152. The van der Waals surface area contributed by atoms with E-state index in [0.29, 0.717) is 26.2 Å². The first-order chi connectivity index (χ1) is 10.2. The molecule has 2 amide bonds. The average molecular weight is 287 g/mol. The third-order valence-electron chi connectivity index (χ3n) is 3.43. The Morgan fingerprint density at radius 1 is 1.43 bits per heavy atom. The number of rotatable bonds is 6. The Bertz CT molecular complexity index is 502. The zero-order chi connectivity index (χ0) is 15.1. The molecular weight excluding hydrogens is 266 g/mol. The molecule has 0 radical (unpaired) electrons. The van der Waals surface area contributed by atoms with Gasteiger partial charge in [-0.2, -0.15) is 0 Å². The van der Waals surface area contributed by atoms with Crippen molar-refractivity contribution in [2.75, 3.05) is 19.6 Å². The molecule has 5 nitrogen and oxygen atoms in total. The zero-order valence-corrected chi connectivity index (χ0v) is 12.0. The monoisotopic (exact) mass is 287 g/mol. The molecule has 1 fully saturated rings. The van der Waals surface area contributed by atoms with E-state index in [1.807, 2.05) is 30.3 Å². The Morgan fingerprint density at radius 3 is 2.90 bits per heavy atom. The second kappa shape index (κ2) is 7.59. The van der Waals surface area contributed by atoms with E-state index in [1.165, 1.54) is 0 Å². The van der Waals surface area contributed by atoms with Crippen LogP contribution in [0.5, 0.6) is 0 Å². The number of amides is 2. The summed E-state index contributed by atoms with van der Waals surface area (Å²) in [5, 5.41) is 5.81. The summed E-state index contributed by atoms with van der Waals surface area (Å²) in [7, 11) is 0. The van der Waals surface area contributed by atoms with Crippen molar-refractivity contribution in [2.45, 2.75) is 19.0 Å². The fourth-order valence-electron chi connectivity index (χ4n) is 2.36. The van der Waals surface area contributed by atoms with Crippen molar-refractivity contribution in [3.63, 3.8) is 0 Å². The van der Waals surface area contributed by atoms with Crippen LogP contribution in [0, 0.1) is 0 Å². The fraction of sp³-hybridized carbons (Fsp3) is 0.375. The number of benzene rings is 1. The van der Waals surface area contributed by atoms with Crippen LogP contribution in [-0.4, -0.2) is 42.4 Å². The van der Waals surface area contributed by atoms with E-state index in [-0.39, 0.29) is 18.2 Å². The molecule has 5 heteroatoms. The van der Waals surface area contributed by atoms with Crippen molar-refractivity contribution in [1.82, 2.24) is 15.5 Å². The van der Waals surface area contributed by atoms with Crippen molar-refractivity contribution in [3.8, 4) is 0 Å². The molecule has 0 saturated carbocycles. The van der Waals surface area contributed by atoms with Gasteiger partial charge in [-0.3, -0.25) is 9.59 Å². The number of nitrogens with one attached hydrogen (secondary N) is 2. The van der Waals surface area contributed by atoms with E-state index < -0.39 is 6.04 Å². The lowest BCUT2D eigenvalue weighted by Crippen LogP contribution is -2.55. The SMILES string of the molecule is C=CCNC(=O)CC1NCCN(Cc2ccccc2)C1=O. The van der Waals surface area contributed by atoms with Gasteiger partial charge in [-0.05, 0) is 5.56 Å². The second-order valence-corrected chi connectivity index (χ2v) is 5.05. The zero-order valence-electron chi connectivity index (χ0n) is 12.0. The Labute approximate surface area is 125 Å². The topological polar surface area (TPSA) is 61.4 Å². The first-order valence-electron chi connectivity index (χ1n) is 7.14. The van der Waals surface area contributed by atoms with E-state index >= 15 is 0 Å². The smallest absolute Gasteiger partial charge is 0.240 e. The maximum atomic E-state index is 12.4. The highest BCUT2D eigenvalue weighted by atomic mass is 16.2. The van der Waals surface area contributed by atoms with Gasteiger partial charge in [-0.15, -0.1) is 6.58 Å². The minimum absolute atomic E-state index is 0.0149. The first-order valence-corrected chi connectivity index (χ1v) is 7.14. The molecular formula is C16H21N3O2. The van der Waals surface area contributed by atoms with E-state index in [1.54, 1.807) is 11.0 Å². The Hall–Kier alpha value is -2.14. The molecule has 21 heavy (non-hydrogen) atoms. The summed E-state index contributed by atoms with van der Waals surface area (Å²) in [5.41, 5.74) is 1.10. The first kappa shape index (κ1) is 15.3. The highest BCUT2D eigenvalue weighted by Crippen LogP contribution is 2.10. The van der Waals surface area contributed by atoms with Crippen LogP contribution in [0.2, 0.25) is 0 Å². The van der Waals surface area contributed by atoms with Crippen molar-refractivity contribution < 1.29 is 9.59 Å². The average Bonchev–Trinajstić information content (AvgIpc) is 2.50. The van der Waals surface area contributed by atoms with Crippen molar-refractivity contribution in [2.24, 2.45) is 0 Å². The molecule has 1 heterocycles. The second-order valence-electron chi connectivity index (χ2n) is 5.05. The van der Waals surface area contributed by atoms with Crippen LogP contribution >= 0.6 is 0 Å². The number of nitrogens with zero attached hydrogens (tertiary/aromatic N) is 1. The van der Waals surface area contributed by atoms with Crippen LogP contribution in [0.25, 0.3) is 0 Å². The molecule has 2 N–H and O–H groups in total. The van der Waals surface area contributed by atoms with Gasteiger partial charge in [0.2, 0.25) is 11.8 Å². The molecule has 1 aliphatic heterocycles. The number of hydrogen-bond donors (Lipinski definition) is 2. The highest BCUT2D eigenvalue weighted by Gasteiger charge is 2.29. The Balaban J connectivity index is 1.91. The largest absolute Gasteiger partial charge is 0.353 e. The number of carbonyl (C=O) groups is 2. The minimum atomic E-state index is -0.438. The molecule has 2 rings (SSSR count). The predicted molar refractivity (Wildman–Crippen MR) is 81.5 cm³/mol. The van der Waals surface area contributed by atoms with Gasteiger partial charge in [-0.25, -0.2) is 0 Å². The normalized spacial score (nSPS) is 18.4. The molecule has 1 saturated heterocycles. The van der Waals surface area contributed by atoms with E-state index in [4.69, 9.17) is 0 Å². The van der Waals surface area contributed by atoms with Crippen LogP contribution in [0.15, 0.2) is 43.0 Å². The van der Waals surface area contributed by atoms with Crippen molar-refractivity contribution in [1.29, 1.82) is 0 Å². The van der Waals surface area contributed by atoms with Gasteiger partial charge in [0.1, 0.15) is 0 Å². The van der Waals surface area contributed by atoms with Gasteiger partial charge in [0.15, 0.2) is 0 Å². The molecule has 0 bridgehead atoms. The third-order valence-corrected chi connectivity index (χ3v) is 3.43. The molecule has 0 aliphatic carbocycles. The molecule has 1 aromatic carbocycles. The van der Waals surface area contributed by atoms with Crippen LogP contribution in [-0.2, 0) is 16.1 Å². The molecule has 0 spiro atoms. The summed E-state index contributed by atoms with van der Waals surface area (Å²) < 4.78 is 0. The molecule has 1 unspecified atom stereocenters. The third kappa shape index (κ3) is 4.43. The van der Waals surface area contributed by atoms with E-state index in [2.05, 4.69) is 17.2 Å². The lowest BCUT2D eigenvalue weighted by molar-refractivity contribution is -0.138. The quantitative estimate of drug-likeness (QED) is 0.756. The highest BCUT2D eigenvalue weighted by molar-refractivity contribution is 5.88. The molecule has 1 atom stereocenters. The van der Waals surface area contributed by atoms with Gasteiger partial charge in [0.05, 0.1) is 12.5 Å². The standard InChI is InChI=1S/C16H21N3O2/c1-2-8-18-15(20)11-14-16(21)19(10-9-17-14)12-13-6-4-3-5-7-13/h2-7,14,17H,1,8-12H2,(H,18,20). The van der Waals surface area contributed by atoms with E-state index in [9.17, 15) is 9.59 Å². The van der Waals surface area contributed by atoms with E-state index in [0.717, 1.165) is 5.56 Å². The van der Waals surface area contributed by atoms with Crippen LogP contribution in [0.3, 0.4) is 0 Å². The fourth-order valence-corrected chi connectivity index (χ4v) is 2.36. The Morgan fingerprint density at radius 2 is 2.19 bits per heavy atom. The predicted octanol–water partition coefficient (Wildman–Crippen LogP) is 0.679. The van der Waals surface area contributed by atoms with Crippen LogP contribution < -0.4 is 10.6 Å². The molecule has 0 aromatic heterocycles. The molecule has 1 aliphatic rings. The maximum Gasteiger partial charge on any atom is 0.240 e. The maximum absolute atomic E-state index is 12.4. The van der Waals surface area contributed by atoms with Crippen LogP contribution in [0.4, 0.5) is 0 Å². The van der Waals surface area contributed by atoms with Gasteiger partial charge < -0.3 is 15.5 Å². The summed E-state index contributed by atoms with van der Waals surface area (Å²) >= 11 is 0. The lowest BCUT2D eigenvalue weighted by atomic mass is 10.1. The van der Waals surface area contributed by atoms with Crippen LogP contribution in [0.1, 0.15) is 12.0 Å². The van der Waals surface area contributed by atoms with Gasteiger partial charge in [0, 0.05) is 26.2 Å². The summed E-state index contributed by atoms with van der Waals surface area (Å²) in [6.45, 7) is 5.93. The molecule has 1 aromatic rings. The number of hydrogen-bond acceptors (Lipinski definition) is 3.